The van der Waals surface area contributed by atoms with Gasteiger partial charge in [-0.15, -0.1) is 0 Å². The number of rotatable bonds is 8. The van der Waals surface area contributed by atoms with Crippen LogP contribution >= 0.6 is 0 Å². The fourth-order valence-corrected chi connectivity index (χ4v) is 1.32. The molecule has 0 saturated carbocycles. The molecule has 94 valence electrons. The lowest BCUT2D eigenvalue weighted by Crippen LogP contribution is -3.00. The summed E-state index contributed by atoms with van der Waals surface area (Å²) < 4.78 is 6.52. The summed E-state index contributed by atoms with van der Waals surface area (Å²) in [5.74, 6) is 0. The summed E-state index contributed by atoms with van der Waals surface area (Å²) in [6, 6.07) is 0. The predicted molar refractivity (Wildman–Crippen MR) is 59.3 cm³/mol. The Bertz CT molecular complexity index is 141. The van der Waals surface area contributed by atoms with Gasteiger partial charge in [-0.3, -0.25) is 0 Å². The number of aliphatic hydroxyl groups excluding tert-OH is 1. The van der Waals surface area contributed by atoms with Crippen LogP contribution in [0.4, 0.5) is 0 Å². The van der Waals surface area contributed by atoms with Crippen molar-refractivity contribution in [2.24, 2.45) is 0 Å². The van der Waals surface area contributed by atoms with Crippen LogP contribution in [-0.4, -0.2) is 55.6 Å². The van der Waals surface area contributed by atoms with E-state index in [9.17, 15) is 0 Å². The molecule has 0 fully saturated rings. The molecule has 15 heavy (non-hydrogen) atoms. The molecule has 0 aliphatic heterocycles. The minimum atomic E-state index is -0.0167. The van der Waals surface area contributed by atoms with E-state index in [2.05, 4.69) is 20.9 Å². The summed E-state index contributed by atoms with van der Waals surface area (Å²) in [6.07, 6.45) is 1.06. The summed E-state index contributed by atoms with van der Waals surface area (Å²) in [5, 5.41) is 8.76. The number of ether oxygens (including phenoxy) is 1. The molecule has 0 aliphatic carbocycles. The van der Waals surface area contributed by atoms with Crippen molar-refractivity contribution in [3.63, 3.8) is 0 Å². The van der Waals surface area contributed by atoms with E-state index in [0.29, 0.717) is 0 Å². The first-order valence-electron chi connectivity index (χ1n) is 5.64. The molecule has 4 heteroatoms. The van der Waals surface area contributed by atoms with Crippen molar-refractivity contribution in [3.05, 3.63) is 0 Å². The average Bonchev–Trinajstić information content (AvgIpc) is 2.23. The maximum Gasteiger partial charge on any atom is 0.0806 e. The lowest BCUT2D eigenvalue weighted by molar-refractivity contribution is -0.906. The third-order valence-corrected chi connectivity index (χ3v) is 3.03. The number of quaternary nitrogens is 1. The first-order valence-corrected chi connectivity index (χ1v) is 5.64. The van der Waals surface area contributed by atoms with E-state index < -0.39 is 0 Å². The molecule has 0 aromatic carbocycles. The van der Waals surface area contributed by atoms with E-state index in [1.165, 1.54) is 13.1 Å². The van der Waals surface area contributed by atoms with Crippen LogP contribution in [0.3, 0.4) is 0 Å². The van der Waals surface area contributed by atoms with Gasteiger partial charge in [-0.1, -0.05) is 0 Å². The van der Waals surface area contributed by atoms with E-state index in [4.69, 9.17) is 9.84 Å². The topological polar surface area (TPSA) is 29.5 Å². The van der Waals surface area contributed by atoms with E-state index in [1.807, 2.05) is 6.92 Å². The first-order chi connectivity index (χ1) is 6.58. The summed E-state index contributed by atoms with van der Waals surface area (Å²) in [6.45, 7) is 10.7. The van der Waals surface area contributed by atoms with Crippen molar-refractivity contribution in [1.29, 1.82) is 0 Å². The molecule has 3 nitrogen and oxygen atoms in total. The molecule has 0 rings (SSSR count). The Morgan fingerprint density at radius 2 is 1.80 bits per heavy atom. The highest BCUT2D eigenvalue weighted by Crippen LogP contribution is 2.03. The molecule has 1 unspecified atom stereocenters. The molecule has 0 amide bonds. The second-order valence-corrected chi connectivity index (χ2v) is 4.19. The normalized spacial score (nSPS) is 13.4. The Morgan fingerprint density at radius 3 is 2.20 bits per heavy atom. The second-order valence-electron chi connectivity index (χ2n) is 4.19. The van der Waals surface area contributed by atoms with Crippen molar-refractivity contribution >= 4 is 0 Å². The largest absolute Gasteiger partial charge is 1.00 e. The van der Waals surface area contributed by atoms with Crippen LogP contribution in [0.25, 0.3) is 0 Å². The van der Waals surface area contributed by atoms with E-state index in [-0.39, 0.29) is 25.1 Å². The van der Waals surface area contributed by atoms with Gasteiger partial charge in [0.15, 0.2) is 0 Å². The SMILES string of the molecule is CC[N+](C)(CC)CCCOC(C)CO.[Cl-]. The summed E-state index contributed by atoms with van der Waals surface area (Å²) in [5.41, 5.74) is 0. The molecule has 0 aromatic rings. The Balaban J connectivity index is 0. The van der Waals surface area contributed by atoms with Gasteiger partial charge in [-0.25, -0.2) is 0 Å². The molecule has 0 bridgehead atoms. The van der Waals surface area contributed by atoms with Gasteiger partial charge in [-0.05, 0) is 20.8 Å². The van der Waals surface area contributed by atoms with Crippen LogP contribution in [0.5, 0.6) is 0 Å². The molecule has 1 N–H and O–H groups in total. The van der Waals surface area contributed by atoms with Crippen LogP contribution in [0.2, 0.25) is 0 Å². The molecule has 0 saturated heterocycles. The number of aliphatic hydroxyl groups is 1. The second kappa shape index (κ2) is 9.40. The first kappa shape index (κ1) is 17.6. The summed E-state index contributed by atoms with van der Waals surface area (Å²) >= 11 is 0. The van der Waals surface area contributed by atoms with Gasteiger partial charge in [0.05, 0.1) is 46.0 Å². The number of hydrogen-bond donors (Lipinski definition) is 1. The third kappa shape index (κ3) is 8.03. The van der Waals surface area contributed by atoms with Crippen LogP contribution in [0, 0.1) is 0 Å². The van der Waals surface area contributed by atoms with Gasteiger partial charge in [0, 0.05) is 6.42 Å². The van der Waals surface area contributed by atoms with E-state index in [0.717, 1.165) is 24.1 Å². The number of halogens is 1. The van der Waals surface area contributed by atoms with Crippen LogP contribution in [-0.2, 0) is 4.74 Å². The Morgan fingerprint density at radius 1 is 1.27 bits per heavy atom. The maximum absolute atomic E-state index is 8.76. The quantitative estimate of drug-likeness (QED) is 0.403. The van der Waals surface area contributed by atoms with Crippen molar-refractivity contribution in [3.8, 4) is 0 Å². The van der Waals surface area contributed by atoms with Crippen molar-refractivity contribution in [2.75, 3.05) is 39.9 Å². The van der Waals surface area contributed by atoms with E-state index in [1.54, 1.807) is 0 Å². The minimum Gasteiger partial charge on any atom is -1.00 e. The highest BCUT2D eigenvalue weighted by Gasteiger charge is 2.15. The lowest BCUT2D eigenvalue weighted by Gasteiger charge is -2.32. The Kier molecular flexibility index (Phi) is 11.0. The average molecular weight is 240 g/mol. The van der Waals surface area contributed by atoms with Crippen LogP contribution in [0.15, 0.2) is 0 Å². The summed E-state index contributed by atoms with van der Waals surface area (Å²) in [7, 11) is 2.27. The molecule has 0 radical (unpaired) electrons. The molecule has 1 atom stereocenters. The highest BCUT2D eigenvalue weighted by molar-refractivity contribution is 4.45. The smallest absolute Gasteiger partial charge is 0.0806 e. The van der Waals surface area contributed by atoms with Gasteiger partial charge < -0.3 is 26.7 Å². The fraction of sp³-hybridized carbons (Fsp3) is 1.00. The monoisotopic (exact) mass is 239 g/mol. The zero-order valence-electron chi connectivity index (χ0n) is 10.5. The van der Waals surface area contributed by atoms with Gasteiger partial charge in [0.1, 0.15) is 0 Å². The minimum absolute atomic E-state index is 0. The number of nitrogens with zero attached hydrogens (tertiary/aromatic N) is 1. The van der Waals surface area contributed by atoms with Crippen LogP contribution in [0.1, 0.15) is 27.2 Å². The van der Waals surface area contributed by atoms with Gasteiger partial charge in [0.2, 0.25) is 0 Å². The third-order valence-electron chi connectivity index (χ3n) is 3.03. The van der Waals surface area contributed by atoms with Crippen molar-refractivity contribution in [2.45, 2.75) is 33.3 Å². The van der Waals surface area contributed by atoms with Gasteiger partial charge in [-0.2, -0.15) is 0 Å². The van der Waals surface area contributed by atoms with Crippen molar-refractivity contribution < 1.29 is 26.7 Å². The Hall–Kier alpha value is 0.170. The zero-order valence-corrected chi connectivity index (χ0v) is 11.3. The van der Waals surface area contributed by atoms with Gasteiger partial charge >= 0.3 is 0 Å². The van der Waals surface area contributed by atoms with E-state index >= 15 is 0 Å². The molecule has 0 aromatic heterocycles. The standard InChI is InChI=1S/C11H26NO2.ClH/c1-5-12(4,6-2)8-7-9-14-11(3)10-13;/h11,13H,5-10H2,1-4H3;1H/q+1;/p-1. The zero-order chi connectivity index (χ0) is 11.0. The van der Waals surface area contributed by atoms with Gasteiger partial charge in [0.25, 0.3) is 0 Å². The Labute approximate surface area is 100 Å². The molecular formula is C11H26ClNO2. The van der Waals surface area contributed by atoms with Crippen molar-refractivity contribution in [1.82, 2.24) is 0 Å². The molecular weight excluding hydrogens is 214 g/mol. The molecule has 0 spiro atoms. The fourth-order valence-electron chi connectivity index (χ4n) is 1.32. The van der Waals surface area contributed by atoms with Crippen LogP contribution < -0.4 is 12.4 Å². The maximum atomic E-state index is 8.76. The lowest BCUT2D eigenvalue weighted by atomic mass is 10.3. The molecule has 0 heterocycles. The summed E-state index contributed by atoms with van der Waals surface area (Å²) in [4.78, 5) is 0. The molecule has 0 aliphatic rings. The highest BCUT2D eigenvalue weighted by atomic mass is 35.5. The number of hydrogen-bond acceptors (Lipinski definition) is 2. The predicted octanol–water partition coefficient (Wildman–Crippen LogP) is -1.74.